The Bertz CT molecular complexity index is 442. The molecule has 0 spiro atoms. The molecule has 1 saturated heterocycles. The van der Waals surface area contributed by atoms with Crippen molar-refractivity contribution in [1.29, 1.82) is 5.26 Å². The molecule has 4 heteroatoms. The third kappa shape index (κ3) is 3.02. The zero-order chi connectivity index (χ0) is 12.3. The number of halogens is 1. The van der Waals surface area contributed by atoms with Gasteiger partial charge in [-0.2, -0.15) is 5.26 Å². The van der Waals surface area contributed by atoms with Crippen LogP contribution in [0.15, 0.2) is 18.2 Å². The van der Waals surface area contributed by atoms with Gasteiger partial charge in [0.05, 0.1) is 24.3 Å². The van der Waals surface area contributed by atoms with Crippen molar-refractivity contribution in [2.75, 3.05) is 19.7 Å². The van der Waals surface area contributed by atoms with E-state index < -0.39 is 0 Å². The largest absolute Gasteiger partial charge is 0.376 e. The van der Waals surface area contributed by atoms with E-state index in [0.29, 0.717) is 24.3 Å². The number of ether oxygens (including phenoxy) is 1. The molecule has 1 aliphatic heterocycles. The molecule has 0 radical (unpaired) electrons. The molecule has 1 aromatic rings. The smallest absolute Gasteiger partial charge is 0.129 e. The van der Waals surface area contributed by atoms with Crippen molar-refractivity contribution in [2.45, 2.75) is 19.6 Å². The molecule has 0 bridgehead atoms. The molecule has 0 saturated carbocycles. The van der Waals surface area contributed by atoms with E-state index in [1.165, 1.54) is 6.07 Å². The van der Waals surface area contributed by atoms with Crippen molar-refractivity contribution in [3.05, 3.63) is 35.1 Å². The lowest BCUT2D eigenvalue weighted by Gasteiger charge is -2.31. The number of rotatable bonds is 2. The molecule has 90 valence electrons. The van der Waals surface area contributed by atoms with Gasteiger partial charge in [0.25, 0.3) is 0 Å². The summed E-state index contributed by atoms with van der Waals surface area (Å²) in [6, 6.07) is 6.57. The highest BCUT2D eigenvalue weighted by Gasteiger charge is 2.17. The Morgan fingerprint density at radius 2 is 2.41 bits per heavy atom. The van der Waals surface area contributed by atoms with Gasteiger partial charge in [0.15, 0.2) is 0 Å². The minimum Gasteiger partial charge on any atom is -0.376 e. The summed E-state index contributed by atoms with van der Waals surface area (Å²) in [5.74, 6) is -0.303. The number of nitriles is 1. The van der Waals surface area contributed by atoms with Gasteiger partial charge in [-0.1, -0.05) is 6.07 Å². The number of hydrogen-bond acceptors (Lipinski definition) is 3. The molecule has 17 heavy (non-hydrogen) atoms. The summed E-state index contributed by atoms with van der Waals surface area (Å²) in [6.45, 7) is 4.93. The fourth-order valence-corrected chi connectivity index (χ4v) is 2.02. The highest BCUT2D eigenvalue weighted by molar-refractivity contribution is 5.32. The second-order valence-electron chi connectivity index (χ2n) is 4.33. The standard InChI is InChI=1S/C13H15FN2O/c1-10-8-16(4-5-17-10)9-12-3-2-11(7-15)6-13(12)14/h2-3,6,10H,4-5,8-9H2,1H3/t10-/m0/s1. The van der Waals surface area contributed by atoms with Crippen LogP contribution in [0.3, 0.4) is 0 Å². The van der Waals surface area contributed by atoms with Crippen molar-refractivity contribution < 1.29 is 9.13 Å². The third-order valence-electron chi connectivity index (χ3n) is 2.90. The fraction of sp³-hybridized carbons (Fsp3) is 0.462. The highest BCUT2D eigenvalue weighted by atomic mass is 19.1. The molecule has 2 rings (SSSR count). The molecule has 1 heterocycles. The molecule has 0 N–H and O–H groups in total. The second-order valence-corrected chi connectivity index (χ2v) is 4.33. The van der Waals surface area contributed by atoms with Gasteiger partial charge in [-0.15, -0.1) is 0 Å². The molecule has 0 aliphatic carbocycles. The number of morpholine rings is 1. The Hall–Kier alpha value is -1.44. The lowest BCUT2D eigenvalue weighted by Crippen LogP contribution is -2.40. The van der Waals surface area contributed by atoms with Crippen LogP contribution in [0.4, 0.5) is 4.39 Å². The van der Waals surface area contributed by atoms with Gasteiger partial charge in [-0.05, 0) is 19.1 Å². The summed E-state index contributed by atoms with van der Waals surface area (Å²) in [5.41, 5.74) is 1.000. The molecule has 1 aromatic carbocycles. The molecular weight excluding hydrogens is 219 g/mol. The van der Waals surface area contributed by atoms with E-state index in [1.807, 2.05) is 13.0 Å². The summed E-state index contributed by atoms with van der Waals surface area (Å²) in [5, 5.41) is 8.67. The van der Waals surface area contributed by atoms with Gasteiger partial charge >= 0.3 is 0 Å². The molecule has 1 fully saturated rings. The molecule has 0 aromatic heterocycles. The Morgan fingerprint density at radius 3 is 3.06 bits per heavy atom. The Kier molecular flexibility index (Phi) is 3.72. The van der Waals surface area contributed by atoms with E-state index in [1.54, 1.807) is 12.1 Å². The first-order chi connectivity index (χ1) is 8.19. The quantitative estimate of drug-likeness (QED) is 0.784. The minimum atomic E-state index is -0.303. The van der Waals surface area contributed by atoms with Crippen molar-refractivity contribution in [2.24, 2.45) is 0 Å². The normalized spacial score (nSPS) is 21.1. The lowest BCUT2D eigenvalue weighted by atomic mass is 10.1. The first-order valence-corrected chi connectivity index (χ1v) is 5.71. The first kappa shape index (κ1) is 12.0. The SMILES string of the molecule is C[C@H]1CN(Cc2ccc(C#N)cc2F)CCO1. The van der Waals surface area contributed by atoms with Crippen LogP contribution in [0.1, 0.15) is 18.1 Å². The maximum atomic E-state index is 13.7. The topological polar surface area (TPSA) is 36.3 Å². The van der Waals surface area contributed by atoms with Gasteiger partial charge in [-0.3, -0.25) is 4.90 Å². The predicted molar refractivity (Wildman–Crippen MR) is 61.8 cm³/mol. The van der Waals surface area contributed by atoms with Crippen molar-refractivity contribution in [3.8, 4) is 6.07 Å². The summed E-state index contributed by atoms with van der Waals surface area (Å²) in [7, 11) is 0. The van der Waals surface area contributed by atoms with Gasteiger partial charge in [0.1, 0.15) is 5.82 Å². The van der Waals surface area contributed by atoms with Crippen LogP contribution in [-0.2, 0) is 11.3 Å². The predicted octanol–water partition coefficient (Wildman–Crippen LogP) is 1.92. The van der Waals surface area contributed by atoms with Crippen LogP contribution >= 0.6 is 0 Å². The summed E-state index contributed by atoms with van der Waals surface area (Å²) in [6.07, 6.45) is 0.199. The third-order valence-corrected chi connectivity index (χ3v) is 2.90. The van der Waals surface area contributed by atoms with Crippen molar-refractivity contribution in [1.82, 2.24) is 4.90 Å². The monoisotopic (exact) mass is 234 g/mol. The molecular formula is C13H15FN2O. The average Bonchev–Trinajstić information content (AvgIpc) is 2.32. The molecule has 3 nitrogen and oxygen atoms in total. The van der Waals surface area contributed by atoms with Crippen LogP contribution in [-0.4, -0.2) is 30.7 Å². The Morgan fingerprint density at radius 1 is 1.59 bits per heavy atom. The maximum Gasteiger partial charge on any atom is 0.129 e. The van der Waals surface area contributed by atoms with Gasteiger partial charge in [0.2, 0.25) is 0 Å². The van der Waals surface area contributed by atoms with Crippen molar-refractivity contribution in [3.63, 3.8) is 0 Å². The zero-order valence-electron chi connectivity index (χ0n) is 9.82. The first-order valence-electron chi connectivity index (χ1n) is 5.71. The van der Waals surface area contributed by atoms with E-state index in [0.717, 1.165) is 13.1 Å². The van der Waals surface area contributed by atoms with Crippen molar-refractivity contribution >= 4 is 0 Å². The van der Waals surface area contributed by atoms with E-state index in [-0.39, 0.29) is 11.9 Å². The van der Waals surface area contributed by atoms with Crippen LogP contribution in [0.2, 0.25) is 0 Å². The van der Waals surface area contributed by atoms with Gasteiger partial charge in [-0.25, -0.2) is 4.39 Å². The average molecular weight is 234 g/mol. The number of nitrogens with zero attached hydrogens (tertiary/aromatic N) is 2. The number of benzene rings is 1. The van der Waals surface area contributed by atoms with E-state index in [4.69, 9.17) is 10.00 Å². The van der Waals surface area contributed by atoms with E-state index in [2.05, 4.69) is 4.90 Å². The van der Waals surface area contributed by atoms with Crippen LogP contribution < -0.4 is 0 Å². The highest BCUT2D eigenvalue weighted by Crippen LogP contribution is 2.14. The number of hydrogen-bond donors (Lipinski definition) is 0. The van der Waals surface area contributed by atoms with Crippen LogP contribution in [0.25, 0.3) is 0 Å². The Balaban J connectivity index is 2.06. The van der Waals surface area contributed by atoms with E-state index in [9.17, 15) is 4.39 Å². The Labute approximate surface area is 100 Å². The lowest BCUT2D eigenvalue weighted by molar-refractivity contribution is -0.0215. The van der Waals surface area contributed by atoms with Gasteiger partial charge in [0, 0.05) is 25.2 Å². The van der Waals surface area contributed by atoms with E-state index >= 15 is 0 Å². The zero-order valence-corrected chi connectivity index (χ0v) is 9.82. The van der Waals surface area contributed by atoms with Gasteiger partial charge < -0.3 is 4.74 Å². The minimum absolute atomic E-state index is 0.199. The summed E-state index contributed by atoms with van der Waals surface area (Å²) in [4.78, 5) is 2.17. The maximum absolute atomic E-state index is 13.7. The second kappa shape index (κ2) is 5.26. The summed E-state index contributed by atoms with van der Waals surface area (Å²) >= 11 is 0. The van der Waals surface area contributed by atoms with Crippen LogP contribution in [0.5, 0.6) is 0 Å². The molecule has 1 atom stereocenters. The summed E-state index contributed by atoms with van der Waals surface area (Å²) < 4.78 is 19.1. The fourth-order valence-electron chi connectivity index (χ4n) is 2.02. The molecule has 0 unspecified atom stereocenters. The van der Waals surface area contributed by atoms with Crippen LogP contribution in [0, 0.1) is 17.1 Å². The molecule has 1 aliphatic rings. The molecule has 0 amide bonds.